The standard InChI is InChI=1S/C16H18ClNO/c1-12(13-6-3-2-4-7-13)19-16(11-18)14-8-5-9-15(17)10-14/h2-10,12,16H,11,18H2,1H3. The maximum Gasteiger partial charge on any atom is 0.0955 e. The van der Waals surface area contributed by atoms with E-state index in [2.05, 4.69) is 12.1 Å². The smallest absolute Gasteiger partial charge is 0.0955 e. The van der Waals surface area contributed by atoms with Crippen LogP contribution in [0.3, 0.4) is 0 Å². The molecular formula is C16H18ClNO. The molecule has 0 aliphatic rings. The second-order valence-corrected chi connectivity index (χ2v) is 4.90. The number of benzene rings is 2. The third kappa shape index (κ3) is 3.80. The molecule has 100 valence electrons. The maximum atomic E-state index is 6.04. The molecule has 0 aliphatic heterocycles. The van der Waals surface area contributed by atoms with Crippen molar-refractivity contribution in [2.24, 2.45) is 5.73 Å². The van der Waals surface area contributed by atoms with Crippen LogP contribution >= 0.6 is 11.6 Å². The van der Waals surface area contributed by atoms with Gasteiger partial charge >= 0.3 is 0 Å². The van der Waals surface area contributed by atoms with Crippen LogP contribution in [0.15, 0.2) is 54.6 Å². The summed E-state index contributed by atoms with van der Waals surface area (Å²) in [7, 11) is 0. The van der Waals surface area contributed by atoms with Gasteiger partial charge in [-0.05, 0) is 30.2 Å². The van der Waals surface area contributed by atoms with Gasteiger partial charge in [0, 0.05) is 11.6 Å². The predicted molar refractivity (Wildman–Crippen MR) is 79.2 cm³/mol. The summed E-state index contributed by atoms with van der Waals surface area (Å²) in [5, 5.41) is 0.701. The number of halogens is 1. The van der Waals surface area contributed by atoms with Crippen LogP contribution in [0.1, 0.15) is 30.3 Å². The van der Waals surface area contributed by atoms with Crippen LogP contribution in [-0.2, 0) is 4.74 Å². The molecule has 0 aliphatic carbocycles. The zero-order valence-electron chi connectivity index (χ0n) is 10.9. The molecule has 2 nitrogen and oxygen atoms in total. The zero-order chi connectivity index (χ0) is 13.7. The van der Waals surface area contributed by atoms with Crippen molar-refractivity contribution in [3.63, 3.8) is 0 Å². The summed E-state index contributed by atoms with van der Waals surface area (Å²) >= 11 is 6.00. The lowest BCUT2D eigenvalue weighted by Crippen LogP contribution is -2.17. The minimum absolute atomic E-state index is 0.00580. The van der Waals surface area contributed by atoms with Crippen molar-refractivity contribution < 1.29 is 4.74 Å². The van der Waals surface area contributed by atoms with Crippen LogP contribution in [0.5, 0.6) is 0 Å². The molecule has 2 N–H and O–H groups in total. The van der Waals surface area contributed by atoms with Crippen LogP contribution in [-0.4, -0.2) is 6.54 Å². The Kier molecular flexibility index (Phi) is 4.97. The van der Waals surface area contributed by atoms with E-state index in [1.807, 2.05) is 49.4 Å². The van der Waals surface area contributed by atoms with Crippen molar-refractivity contribution in [2.45, 2.75) is 19.1 Å². The van der Waals surface area contributed by atoms with E-state index in [4.69, 9.17) is 22.1 Å². The monoisotopic (exact) mass is 275 g/mol. The van der Waals surface area contributed by atoms with Gasteiger partial charge in [-0.3, -0.25) is 0 Å². The summed E-state index contributed by atoms with van der Waals surface area (Å²) in [6, 6.07) is 17.8. The summed E-state index contributed by atoms with van der Waals surface area (Å²) in [6.45, 7) is 2.46. The van der Waals surface area contributed by atoms with Crippen molar-refractivity contribution in [1.29, 1.82) is 0 Å². The third-order valence-electron chi connectivity index (χ3n) is 3.07. The van der Waals surface area contributed by atoms with Gasteiger partial charge in [0.2, 0.25) is 0 Å². The lowest BCUT2D eigenvalue weighted by molar-refractivity contribution is 0.000234. The van der Waals surface area contributed by atoms with Crippen molar-refractivity contribution in [2.75, 3.05) is 6.54 Å². The van der Waals surface area contributed by atoms with Gasteiger partial charge in [0.05, 0.1) is 12.2 Å². The summed E-state index contributed by atoms with van der Waals surface area (Å²) in [5.41, 5.74) is 7.97. The molecular weight excluding hydrogens is 258 g/mol. The molecule has 0 saturated heterocycles. The van der Waals surface area contributed by atoms with Gasteiger partial charge < -0.3 is 10.5 Å². The average Bonchev–Trinajstić information content (AvgIpc) is 2.45. The topological polar surface area (TPSA) is 35.2 Å². The number of hydrogen-bond donors (Lipinski definition) is 1. The quantitative estimate of drug-likeness (QED) is 0.891. The Bertz CT molecular complexity index is 515. The Morgan fingerprint density at radius 2 is 1.74 bits per heavy atom. The average molecular weight is 276 g/mol. The first-order valence-corrected chi connectivity index (χ1v) is 6.74. The first kappa shape index (κ1) is 14.1. The highest BCUT2D eigenvalue weighted by Crippen LogP contribution is 2.27. The molecule has 0 radical (unpaired) electrons. The first-order chi connectivity index (χ1) is 9.20. The Balaban J connectivity index is 2.11. The lowest BCUT2D eigenvalue weighted by atomic mass is 10.1. The third-order valence-corrected chi connectivity index (χ3v) is 3.31. The highest BCUT2D eigenvalue weighted by Gasteiger charge is 2.15. The highest BCUT2D eigenvalue weighted by atomic mass is 35.5. The predicted octanol–water partition coefficient (Wildman–Crippen LogP) is 4.12. The molecule has 2 rings (SSSR count). The fourth-order valence-corrected chi connectivity index (χ4v) is 2.22. The number of rotatable bonds is 5. The second-order valence-electron chi connectivity index (χ2n) is 4.47. The van der Waals surface area contributed by atoms with Crippen molar-refractivity contribution in [3.8, 4) is 0 Å². The van der Waals surface area contributed by atoms with E-state index >= 15 is 0 Å². The molecule has 0 bridgehead atoms. The molecule has 2 unspecified atom stereocenters. The van der Waals surface area contributed by atoms with Crippen molar-refractivity contribution >= 4 is 11.6 Å². The summed E-state index contributed by atoms with van der Waals surface area (Å²) in [4.78, 5) is 0. The molecule has 3 heteroatoms. The Morgan fingerprint density at radius 3 is 2.37 bits per heavy atom. The number of ether oxygens (including phenoxy) is 1. The van der Waals surface area contributed by atoms with Gasteiger partial charge in [-0.2, -0.15) is 0 Å². The van der Waals surface area contributed by atoms with Gasteiger partial charge in [-0.15, -0.1) is 0 Å². The van der Waals surface area contributed by atoms with Crippen molar-refractivity contribution in [1.82, 2.24) is 0 Å². The van der Waals surface area contributed by atoms with E-state index in [1.165, 1.54) is 0 Å². The van der Waals surface area contributed by atoms with Gasteiger partial charge in [-0.25, -0.2) is 0 Å². The van der Waals surface area contributed by atoms with Gasteiger partial charge in [-0.1, -0.05) is 54.1 Å². The van der Waals surface area contributed by atoms with Crippen molar-refractivity contribution in [3.05, 3.63) is 70.7 Å². The maximum absolute atomic E-state index is 6.04. The van der Waals surface area contributed by atoms with E-state index in [-0.39, 0.29) is 12.2 Å². The largest absolute Gasteiger partial charge is 0.365 e. The van der Waals surface area contributed by atoms with Crippen LogP contribution in [0, 0.1) is 0 Å². The second kappa shape index (κ2) is 6.71. The molecule has 0 heterocycles. The highest BCUT2D eigenvalue weighted by molar-refractivity contribution is 6.30. The molecule has 2 aromatic rings. The minimum Gasteiger partial charge on any atom is -0.365 e. The first-order valence-electron chi connectivity index (χ1n) is 6.36. The van der Waals surface area contributed by atoms with Crippen LogP contribution in [0.2, 0.25) is 5.02 Å². The van der Waals surface area contributed by atoms with Crippen LogP contribution < -0.4 is 5.73 Å². The van der Waals surface area contributed by atoms with E-state index in [1.54, 1.807) is 0 Å². The summed E-state index contributed by atoms with van der Waals surface area (Å²) in [5.74, 6) is 0. The molecule has 0 saturated carbocycles. The van der Waals surface area contributed by atoms with E-state index < -0.39 is 0 Å². The Hall–Kier alpha value is -1.35. The van der Waals surface area contributed by atoms with E-state index in [0.29, 0.717) is 11.6 Å². The summed E-state index contributed by atoms with van der Waals surface area (Å²) < 4.78 is 6.04. The fourth-order valence-electron chi connectivity index (χ4n) is 2.03. The SMILES string of the molecule is CC(OC(CN)c1cccc(Cl)c1)c1ccccc1. The van der Waals surface area contributed by atoms with Crippen LogP contribution in [0.25, 0.3) is 0 Å². The van der Waals surface area contributed by atoms with Gasteiger partial charge in [0.15, 0.2) is 0 Å². The van der Waals surface area contributed by atoms with Crippen LogP contribution in [0.4, 0.5) is 0 Å². The molecule has 0 fully saturated rings. The molecule has 2 atom stereocenters. The van der Waals surface area contributed by atoms with E-state index in [9.17, 15) is 0 Å². The molecule has 0 amide bonds. The Morgan fingerprint density at radius 1 is 1.05 bits per heavy atom. The van der Waals surface area contributed by atoms with Gasteiger partial charge in [0.25, 0.3) is 0 Å². The molecule has 19 heavy (non-hydrogen) atoms. The molecule has 2 aromatic carbocycles. The Labute approximate surface area is 119 Å². The summed E-state index contributed by atoms with van der Waals surface area (Å²) in [6.07, 6.45) is -0.150. The molecule has 0 spiro atoms. The fraction of sp³-hybridized carbons (Fsp3) is 0.250. The lowest BCUT2D eigenvalue weighted by Gasteiger charge is -2.22. The minimum atomic E-state index is -0.145. The van der Waals surface area contributed by atoms with E-state index in [0.717, 1.165) is 11.1 Å². The number of nitrogens with two attached hydrogens (primary N) is 1. The van der Waals surface area contributed by atoms with Gasteiger partial charge in [0.1, 0.15) is 0 Å². The zero-order valence-corrected chi connectivity index (χ0v) is 11.7. The molecule has 0 aromatic heterocycles. The normalized spacial score (nSPS) is 14.1. The number of hydrogen-bond acceptors (Lipinski definition) is 2.